The number of fused-ring (bicyclic) bond motifs is 1. The van der Waals surface area contributed by atoms with Crippen molar-refractivity contribution < 1.29 is 14.0 Å². The first-order valence-electron chi connectivity index (χ1n) is 14.7. The number of piperidine rings is 1. The molecule has 3 aromatic heterocycles. The first-order valence-corrected chi connectivity index (χ1v) is 14.7. The van der Waals surface area contributed by atoms with Gasteiger partial charge in [0, 0.05) is 63.8 Å². The van der Waals surface area contributed by atoms with Crippen molar-refractivity contribution in [2.45, 2.75) is 31.7 Å². The fourth-order valence-electron chi connectivity index (χ4n) is 6.31. The molecule has 3 aromatic rings. The summed E-state index contributed by atoms with van der Waals surface area (Å²) in [7, 11) is 6.03. The maximum Gasteiger partial charge on any atom is 0.253 e. The van der Waals surface area contributed by atoms with Crippen LogP contribution in [0.1, 0.15) is 35.3 Å². The lowest BCUT2D eigenvalue weighted by atomic mass is 9.92. The summed E-state index contributed by atoms with van der Waals surface area (Å²) in [6, 6.07) is 6.05. The van der Waals surface area contributed by atoms with Crippen LogP contribution in [0.2, 0.25) is 0 Å². The van der Waals surface area contributed by atoms with Gasteiger partial charge in [-0.2, -0.15) is 0 Å². The van der Waals surface area contributed by atoms with Crippen molar-refractivity contribution >= 4 is 29.1 Å². The van der Waals surface area contributed by atoms with E-state index in [1.54, 1.807) is 12.3 Å². The molecule has 6 heterocycles. The molecular weight excluding hydrogens is 537 g/mol. The predicted octanol–water partition coefficient (Wildman–Crippen LogP) is 2.47. The number of carbonyl (C=O) groups is 2. The van der Waals surface area contributed by atoms with Gasteiger partial charge >= 0.3 is 0 Å². The Bertz CT molecular complexity index is 1460. The fourth-order valence-corrected chi connectivity index (χ4v) is 6.31. The number of halogens is 1. The van der Waals surface area contributed by atoms with Crippen LogP contribution in [0, 0.1) is 11.7 Å². The van der Waals surface area contributed by atoms with Crippen molar-refractivity contribution in [3.8, 4) is 11.4 Å². The van der Waals surface area contributed by atoms with Crippen molar-refractivity contribution in [2.75, 3.05) is 63.6 Å². The van der Waals surface area contributed by atoms with E-state index in [4.69, 9.17) is 0 Å². The van der Waals surface area contributed by atoms with Crippen LogP contribution in [0.15, 0.2) is 30.6 Å². The summed E-state index contributed by atoms with van der Waals surface area (Å²) in [5, 5.41) is 5.89. The first-order chi connectivity index (χ1) is 20.3. The standard InChI is InChI=1S/C30H38FN9O2/c1-37(2)21-9-11-39(17-21)18-26(41)19-7-12-40(13-8-19)20-4-5-27(33-15-20)35-30-34-16-23(31)28(36-30)25-14-22-24(38(25)3)6-10-32-29(22)42/h4-5,14-16,19,21H,6-13,17-18H2,1-3H3,(H,32,42)(H,33,34,35,36). The van der Waals surface area contributed by atoms with Crippen LogP contribution in [-0.2, 0) is 18.3 Å². The highest BCUT2D eigenvalue weighted by Gasteiger charge is 2.30. The number of pyridine rings is 1. The van der Waals surface area contributed by atoms with E-state index in [-0.39, 0.29) is 23.5 Å². The Labute approximate surface area is 245 Å². The quantitative estimate of drug-likeness (QED) is 0.419. The minimum atomic E-state index is -0.567. The van der Waals surface area contributed by atoms with Crippen LogP contribution in [0.25, 0.3) is 11.4 Å². The molecule has 3 aliphatic heterocycles. The van der Waals surface area contributed by atoms with E-state index in [2.05, 4.69) is 54.4 Å². The molecule has 2 N–H and O–H groups in total. The zero-order valence-electron chi connectivity index (χ0n) is 24.4. The topological polar surface area (TPSA) is 112 Å². The molecule has 0 aliphatic carbocycles. The summed E-state index contributed by atoms with van der Waals surface area (Å²) < 4.78 is 16.6. The Morgan fingerprint density at radius 2 is 1.95 bits per heavy atom. The zero-order valence-corrected chi connectivity index (χ0v) is 24.4. The number of ketones is 1. The van der Waals surface area contributed by atoms with E-state index in [1.165, 1.54) is 0 Å². The molecule has 0 aromatic carbocycles. The Hall–Kier alpha value is -3.90. The van der Waals surface area contributed by atoms with E-state index < -0.39 is 5.82 Å². The molecular formula is C30H38FN9O2. The summed E-state index contributed by atoms with van der Waals surface area (Å²) in [6.07, 6.45) is 6.42. The van der Waals surface area contributed by atoms with Gasteiger partial charge in [0.25, 0.3) is 5.91 Å². The number of anilines is 3. The molecule has 3 aliphatic rings. The maximum absolute atomic E-state index is 14.8. The first kappa shape index (κ1) is 28.2. The average molecular weight is 576 g/mol. The normalized spacial score (nSPS) is 19.7. The Kier molecular flexibility index (Phi) is 7.91. The van der Waals surface area contributed by atoms with E-state index in [1.807, 2.05) is 23.7 Å². The molecule has 11 nitrogen and oxygen atoms in total. The van der Waals surface area contributed by atoms with Gasteiger partial charge in [0.05, 0.1) is 35.9 Å². The minimum absolute atomic E-state index is 0.113. The highest BCUT2D eigenvalue weighted by Crippen LogP contribution is 2.29. The number of hydrogen-bond acceptors (Lipinski definition) is 9. The fraction of sp³-hybridized carbons (Fsp3) is 0.500. The summed E-state index contributed by atoms with van der Waals surface area (Å²) in [5.41, 5.74) is 3.03. The lowest BCUT2D eigenvalue weighted by Crippen LogP contribution is -2.40. The van der Waals surface area contributed by atoms with Crippen molar-refractivity contribution in [3.05, 3.63) is 47.7 Å². The van der Waals surface area contributed by atoms with E-state index in [0.29, 0.717) is 48.4 Å². The van der Waals surface area contributed by atoms with Crippen molar-refractivity contribution in [1.29, 1.82) is 0 Å². The second-order valence-electron chi connectivity index (χ2n) is 11.7. The molecule has 12 heteroatoms. The molecule has 2 saturated heterocycles. The van der Waals surface area contributed by atoms with Crippen molar-refractivity contribution in [2.24, 2.45) is 13.0 Å². The summed E-state index contributed by atoms with van der Waals surface area (Å²) in [4.78, 5) is 45.1. The number of nitrogens with one attached hydrogen (secondary N) is 2. The number of likely N-dealkylation sites (N-methyl/N-ethyl adjacent to an activating group) is 1. The number of rotatable bonds is 8. The van der Waals surface area contributed by atoms with Crippen LogP contribution in [0.4, 0.5) is 21.8 Å². The van der Waals surface area contributed by atoms with Crippen molar-refractivity contribution in [1.82, 2.24) is 34.6 Å². The molecule has 0 bridgehead atoms. The van der Waals surface area contributed by atoms with Gasteiger partial charge in [-0.25, -0.2) is 19.3 Å². The van der Waals surface area contributed by atoms with Crippen LogP contribution in [-0.4, -0.2) is 100 Å². The van der Waals surface area contributed by atoms with Gasteiger partial charge in [0.1, 0.15) is 17.3 Å². The molecule has 222 valence electrons. The van der Waals surface area contributed by atoms with Crippen LogP contribution >= 0.6 is 0 Å². The molecule has 0 saturated carbocycles. The Morgan fingerprint density at radius 1 is 1.14 bits per heavy atom. The minimum Gasteiger partial charge on any atom is -0.370 e. The molecule has 0 spiro atoms. The van der Waals surface area contributed by atoms with Gasteiger partial charge in [-0.1, -0.05) is 0 Å². The third kappa shape index (κ3) is 5.73. The van der Waals surface area contributed by atoms with E-state index in [9.17, 15) is 14.0 Å². The second kappa shape index (κ2) is 11.8. The van der Waals surface area contributed by atoms with Crippen LogP contribution in [0.5, 0.6) is 0 Å². The highest BCUT2D eigenvalue weighted by atomic mass is 19.1. The molecule has 1 atom stereocenters. The van der Waals surface area contributed by atoms with Gasteiger partial charge in [-0.15, -0.1) is 0 Å². The van der Waals surface area contributed by atoms with Gasteiger partial charge in [0.2, 0.25) is 5.95 Å². The molecule has 6 rings (SSSR count). The number of likely N-dealkylation sites (tertiary alicyclic amines) is 1. The van der Waals surface area contributed by atoms with E-state index >= 15 is 0 Å². The smallest absolute Gasteiger partial charge is 0.253 e. The van der Waals surface area contributed by atoms with Gasteiger partial charge in [-0.05, 0) is 51.6 Å². The summed E-state index contributed by atoms with van der Waals surface area (Å²) in [6.45, 7) is 4.71. The zero-order chi connectivity index (χ0) is 29.4. The second-order valence-corrected chi connectivity index (χ2v) is 11.7. The van der Waals surface area contributed by atoms with Crippen LogP contribution in [0.3, 0.4) is 0 Å². The summed E-state index contributed by atoms with van der Waals surface area (Å²) in [5.74, 6) is 0.499. The molecule has 42 heavy (non-hydrogen) atoms. The third-order valence-electron chi connectivity index (χ3n) is 8.90. The largest absolute Gasteiger partial charge is 0.370 e. The van der Waals surface area contributed by atoms with Gasteiger partial charge < -0.3 is 25.0 Å². The highest BCUT2D eigenvalue weighted by molar-refractivity contribution is 5.98. The molecule has 0 radical (unpaired) electrons. The monoisotopic (exact) mass is 575 g/mol. The summed E-state index contributed by atoms with van der Waals surface area (Å²) >= 11 is 0. The number of hydrogen-bond donors (Lipinski definition) is 2. The predicted molar refractivity (Wildman–Crippen MR) is 158 cm³/mol. The number of amides is 1. The third-order valence-corrected chi connectivity index (χ3v) is 8.90. The number of aromatic nitrogens is 4. The number of nitrogens with zero attached hydrogens (tertiary/aromatic N) is 7. The molecule has 1 amide bonds. The lowest BCUT2D eigenvalue weighted by Gasteiger charge is -2.33. The molecule has 2 fully saturated rings. The Balaban J connectivity index is 1.06. The molecule has 1 unspecified atom stereocenters. The van der Waals surface area contributed by atoms with Gasteiger partial charge in [0.15, 0.2) is 5.82 Å². The Morgan fingerprint density at radius 3 is 2.64 bits per heavy atom. The van der Waals surface area contributed by atoms with Crippen molar-refractivity contribution in [3.63, 3.8) is 0 Å². The number of Topliss-reactive ketones (excluding diaryl/α,β-unsaturated/α-hetero) is 1. The van der Waals surface area contributed by atoms with Gasteiger partial charge in [-0.3, -0.25) is 14.5 Å². The number of carbonyl (C=O) groups excluding carboxylic acids is 2. The SMILES string of the molecule is CN(C)C1CCN(CC(=O)C2CCN(c3ccc(Nc4ncc(F)c(-c5cc6c(n5C)CCNC6=O)n4)nc3)CC2)C1. The van der Waals surface area contributed by atoms with E-state index in [0.717, 1.165) is 63.0 Å². The lowest BCUT2D eigenvalue weighted by molar-refractivity contribution is -0.124. The average Bonchev–Trinajstić information content (AvgIpc) is 3.60. The van der Waals surface area contributed by atoms with Crippen LogP contribution < -0.4 is 15.5 Å². The maximum atomic E-state index is 14.8.